The Bertz CT molecular complexity index is 1720. The Hall–Kier alpha value is -4.09. The van der Waals surface area contributed by atoms with Gasteiger partial charge in [0.15, 0.2) is 0 Å². The maximum atomic E-state index is 13.4. The van der Waals surface area contributed by atoms with Crippen LogP contribution in [0, 0.1) is 20.8 Å². The minimum atomic E-state index is -4.01. The number of nitrogens with zero attached hydrogens (tertiary/aromatic N) is 1. The molecule has 5 rings (SSSR count). The Morgan fingerprint density at radius 1 is 1.07 bits per heavy atom. The number of ether oxygens (including phenoxy) is 2. The minimum Gasteiger partial charge on any atom is -0.487 e. The van der Waals surface area contributed by atoms with Crippen LogP contribution in [-0.4, -0.2) is 57.0 Å². The maximum absolute atomic E-state index is 13.4. The van der Waals surface area contributed by atoms with Crippen molar-refractivity contribution in [3.8, 4) is 16.9 Å². The molecule has 46 heavy (non-hydrogen) atoms. The van der Waals surface area contributed by atoms with Crippen molar-refractivity contribution < 1.29 is 27.8 Å². The van der Waals surface area contributed by atoms with Gasteiger partial charge in [0.25, 0.3) is 10.0 Å². The molecule has 0 bridgehead atoms. The van der Waals surface area contributed by atoms with E-state index in [1.807, 2.05) is 45.0 Å². The van der Waals surface area contributed by atoms with Gasteiger partial charge in [-0.2, -0.15) is 0 Å². The highest BCUT2D eigenvalue weighted by Gasteiger charge is 2.34. The largest absolute Gasteiger partial charge is 0.487 e. The van der Waals surface area contributed by atoms with Gasteiger partial charge in [0.05, 0.1) is 17.5 Å². The van der Waals surface area contributed by atoms with Crippen LogP contribution in [0.1, 0.15) is 72.4 Å². The average Bonchev–Trinajstić information content (AvgIpc) is 3.33. The third-order valence-corrected chi connectivity index (χ3v) is 10.7. The summed E-state index contributed by atoms with van der Waals surface area (Å²) in [4.78, 5) is 17.0. The molecule has 1 unspecified atom stereocenters. The molecular weight excluding hydrogens is 604 g/mol. The predicted molar refractivity (Wildman–Crippen MR) is 179 cm³/mol. The molecule has 2 aliphatic rings. The number of alkyl carbamates (subject to hydrolysis) is 1. The van der Waals surface area contributed by atoms with Crippen LogP contribution in [0.15, 0.2) is 58.4 Å². The summed E-state index contributed by atoms with van der Waals surface area (Å²) in [5.41, 5.74) is 13.2. The van der Waals surface area contributed by atoms with Gasteiger partial charge in [-0.1, -0.05) is 48.5 Å². The number of benzene rings is 3. The summed E-state index contributed by atoms with van der Waals surface area (Å²) in [7, 11) is -4.01. The zero-order valence-corrected chi connectivity index (χ0v) is 28.0. The van der Waals surface area contributed by atoms with Gasteiger partial charge in [0, 0.05) is 12.5 Å². The standard InChI is InChI=1S/C35H44N4O6S/c1-21-22(2)32(23(3)25-16-17-35(4,5)45-31(21)25)46(42,43)39-33(36)37-18-10-11-24(19-40)38-34(41)44-20-30-28-14-8-6-12-26(28)27-13-7-9-15-29(27)30/h6-9,12-15,24,30,40H,10-11,16-20H2,1-5H3,(H,38,41)(H3,36,37,39). The van der Waals surface area contributed by atoms with Gasteiger partial charge in [0.2, 0.25) is 5.96 Å². The Labute approximate surface area is 271 Å². The number of aliphatic hydroxyl groups is 1. The third-order valence-electron chi connectivity index (χ3n) is 9.05. The molecule has 1 aliphatic heterocycles. The molecule has 1 amide bonds. The van der Waals surface area contributed by atoms with Crippen LogP contribution in [-0.2, 0) is 21.2 Å². The molecule has 0 radical (unpaired) electrons. The number of carbonyl (C=O) groups is 1. The number of hydrogen-bond donors (Lipinski definition) is 4. The Morgan fingerprint density at radius 2 is 1.70 bits per heavy atom. The zero-order valence-electron chi connectivity index (χ0n) is 27.1. The molecule has 11 heteroatoms. The smallest absolute Gasteiger partial charge is 0.407 e. The Kier molecular flexibility index (Phi) is 9.65. The van der Waals surface area contributed by atoms with Gasteiger partial charge < -0.3 is 25.6 Å². The van der Waals surface area contributed by atoms with Gasteiger partial charge in [-0.25, -0.2) is 17.9 Å². The number of nitrogens with two attached hydrogens (primary N) is 1. The monoisotopic (exact) mass is 648 g/mol. The highest BCUT2D eigenvalue weighted by molar-refractivity contribution is 7.90. The second kappa shape index (κ2) is 13.3. The van der Waals surface area contributed by atoms with E-state index < -0.39 is 22.2 Å². The molecule has 1 heterocycles. The lowest BCUT2D eigenvalue weighted by molar-refractivity contribution is 0.0832. The van der Waals surface area contributed by atoms with Crippen LogP contribution >= 0.6 is 0 Å². The van der Waals surface area contributed by atoms with Crippen LogP contribution < -0.4 is 20.5 Å². The number of rotatable bonds is 10. The van der Waals surface area contributed by atoms with Gasteiger partial charge in [-0.05, 0) is 105 Å². The van der Waals surface area contributed by atoms with Crippen molar-refractivity contribution in [2.75, 3.05) is 19.8 Å². The first-order valence-electron chi connectivity index (χ1n) is 15.7. The summed E-state index contributed by atoms with van der Waals surface area (Å²) in [5, 5.41) is 12.6. The average molecular weight is 649 g/mol. The molecule has 1 aliphatic carbocycles. The summed E-state index contributed by atoms with van der Waals surface area (Å²) in [6.07, 6.45) is 1.72. The van der Waals surface area contributed by atoms with Crippen molar-refractivity contribution in [3.05, 3.63) is 81.9 Å². The number of hydrogen-bond acceptors (Lipinski definition) is 7. The van der Waals surface area contributed by atoms with Crippen molar-refractivity contribution in [2.45, 2.75) is 82.8 Å². The predicted octanol–water partition coefficient (Wildman–Crippen LogP) is 4.99. The van der Waals surface area contributed by atoms with Gasteiger partial charge in [0.1, 0.15) is 18.0 Å². The van der Waals surface area contributed by atoms with E-state index >= 15 is 0 Å². The first-order valence-corrected chi connectivity index (χ1v) is 17.2. The van der Waals surface area contributed by atoms with E-state index in [2.05, 4.69) is 39.3 Å². The van der Waals surface area contributed by atoms with Crippen molar-refractivity contribution in [2.24, 2.45) is 10.7 Å². The van der Waals surface area contributed by atoms with Crippen molar-refractivity contribution in [1.82, 2.24) is 10.0 Å². The Morgan fingerprint density at radius 3 is 2.33 bits per heavy atom. The first-order chi connectivity index (χ1) is 21.8. The molecule has 3 aromatic rings. The second-order valence-electron chi connectivity index (χ2n) is 12.7. The fourth-order valence-corrected chi connectivity index (χ4v) is 8.05. The van der Waals surface area contributed by atoms with Crippen LogP contribution in [0.2, 0.25) is 0 Å². The summed E-state index contributed by atoms with van der Waals surface area (Å²) >= 11 is 0. The SMILES string of the molecule is Cc1c(C)c(S(=O)(=O)NC(N)=NCCCC(CO)NC(=O)OCC2c3ccccc3-c3ccccc32)c(C)c2c1OC(C)(C)CC2. The molecule has 3 aromatic carbocycles. The second-order valence-corrected chi connectivity index (χ2v) is 14.4. The summed E-state index contributed by atoms with van der Waals surface area (Å²) < 4.78 is 41.1. The third kappa shape index (κ3) is 6.85. The van der Waals surface area contributed by atoms with E-state index in [1.54, 1.807) is 13.8 Å². The van der Waals surface area contributed by atoms with E-state index in [0.29, 0.717) is 24.0 Å². The highest BCUT2D eigenvalue weighted by atomic mass is 32.2. The Balaban J connectivity index is 1.13. The van der Waals surface area contributed by atoms with E-state index in [9.17, 15) is 18.3 Å². The zero-order chi connectivity index (χ0) is 33.2. The van der Waals surface area contributed by atoms with Crippen molar-refractivity contribution in [1.29, 1.82) is 0 Å². The van der Waals surface area contributed by atoms with E-state index in [1.165, 1.54) is 0 Å². The number of fused-ring (bicyclic) bond motifs is 4. The summed E-state index contributed by atoms with van der Waals surface area (Å²) in [5.74, 6) is 0.471. The number of sulfonamides is 1. The van der Waals surface area contributed by atoms with Gasteiger partial charge in [-0.15, -0.1) is 0 Å². The maximum Gasteiger partial charge on any atom is 0.407 e. The number of carbonyl (C=O) groups excluding carboxylic acids is 1. The van der Waals surface area contributed by atoms with Crippen LogP contribution in [0.25, 0.3) is 11.1 Å². The van der Waals surface area contributed by atoms with E-state index in [4.69, 9.17) is 15.2 Å². The molecule has 0 saturated heterocycles. The minimum absolute atomic E-state index is 0.0647. The fraction of sp³-hybridized carbons (Fsp3) is 0.429. The lowest BCUT2D eigenvalue weighted by Crippen LogP contribution is -2.39. The van der Waals surface area contributed by atoms with Crippen LogP contribution in [0.5, 0.6) is 5.75 Å². The summed E-state index contributed by atoms with van der Waals surface area (Å²) in [6, 6.07) is 15.6. The first kappa shape index (κ1) is 33.3. The molecule has 246 valence electrons. The number of guanidine groups is 1. The number of nitrogens with one attached hydrogen (secondary N) is 2. The number of aliphatic hydroxyl groups excluding tert-OH is 1. The lowest BCUT2D eigenvalue weighted by atomic mass is 9.88. The molecule has 0 fully saturated rings. The number of amides is 1. The highest BCUT2D eigenvalue weighted by Crippen LogP contribution is 2.45. The molecule has 10 nitrogen and oxygen atoms in total. The summed E-state index contributed by atoms with van der Waals surface area (Å²) in [6.45, 7) is 9.59. The van der Waals surface area contributed by atoms with Crippen molar-refractivity contribution in [3.63, 3.8) is 0 Å². The molecular formula is C35H44N4O6S. The molecule has 1 atom stereocenters. The number of aliphatic imine (C=N–C) groups is 1. The fourth-order valence-electron chi connectivity index (χ4n) is 6.53. The topological polar surface area (TPSA) is 152 Å². The van der Waals surface area contributed by atoms with Gasteiger partial charge in [-0.3, -0.25) is 4.99 Å². The van der Waals surface area contributed by atoms with Gasteiger partial charge >= 0.3 is 6.09 Å². The molecule has 0 saturated carbocycles. The molecule has 5 N–H and O–H groups in total. The van der Waals surface area contributed by atoms with Crippen LogP contribution in [0.4, 0.5) is 4.79 Å². The quantitative estimate of drug-likeness (QED) is 0.137. The van der Waals surface area contributed by atoms with E-state index in [-0.39, 0.29) is 42.1 Å². The lowest BCUT2D eigenvalue weighted by Gasteiger charge is -2.35. The van der Waals surface area contributed by atoms with E-state index in [0.717, 1.165) is 52.0 Å². The molecule has 0 aromatic heterocycles. The van der Waals surface area contributed by atoms with Crippen molar-refractivity contribution >= 4 is 22.1 Å². The van der Waals surface area contributed by atoms with Crippen LogP contribution in [0.3, 0.4) is 0 Å². The molecule has 0 spiro atoms. The normalized spacial score (nSPS) is 16.1.